The lowest BCUT2D eigenvalue weighted by Crippen LogP contribution is -2.49. The molecular weight excluding hydrogens is 198 g/mol. The van der Waals surface area contributed by atoms with Crippen LogP contribution in [0.25, 0.3) is 0 Å². The molecular formula is C8H17NO2Si2. The summed E-state index contributed by atoms with van der Waals surface area (Å²) in [6, 6.07) is 0. The molecule has 74 valence electrons. The molecule has 0 aromatic heterocycles. The first-order valence-corrected chi connectivity index (χ1v) is 7.19. The van der Waals surface area contributed by atoms with Crippen molar-refractivity contribution in [1.82, 2.24) is 0 Å². The molecule has 0 radical (unpaired) electrons. The van der Waals surface area contributed by atoms with Crippen molar-refractivity contribution in [3.8, 4) is 0 Å². The van der Waals surface area contributed by atoms with Crippen LogP contribution in [0.4, 0.5) is 0 Å². The minimum atomic E-state index is -0.849. The van der Waals surface area contributed by atoms with Gasteiger partial charge in [-0.3, -0.25) is 0 Å². The highest BCUT2D eigenvalue weighted by atomic mass is 28.2. The Labute approximate surface area is 84.0 Å². The van der Waals surface area contributed by atoms with Crippen LogP contribution >= 0.6 is 0 Å². The molecule has 0 aromatic rings. The second kappa shape index (κ2) is 4.32. The summed E-state index contributed by atoms with van der Waals surface area (Å²) in [7, 11) is -0.327. The minimum Gasteiger partial charge on any atom is -0.373 e. The van der Waals surface area contributed by atoms with Crippen LogP contribution in [-0.4, -0.2) is 37.2 Å². The largest absolute Gasteiger partial charge is 0.373 e. The van der Waals surface area contributed by atoms with Crippen molar-refractivity contribution >= 4 is 25.3 Å². The van der Waals surface area contributed by atoms with Gasteiger partial charge >= 0.3 is 0 Å². The molecule has 0 aromatic carbocycles. The number of nitrogens with two attached hydrogens (primary N) is 1. The summed E-state index contributed by atoms with van der Waals surface area (Å²) in [5.74, 6) is 0. The molecule has 1 rings (SSSR count). The van der Waals surface area contributed by atoms with E-state index in [1.165, 1.54) is 0 Å². The molecule has 1 unspecified atom stereocenters. The van der Waals surface area contributed by atoms with Crippen molar-refractivity contribution < 1.29 is 9.53 Å². The van der Waals surface area contributed by atoms with Crippen LogP contribution in [0.3, 0.4) is 0 Å². The molecule has 1 aliphatic heterocycles. The smallest absolute Gasteiger partial charge is 0.131 e. The van der Waals surface area contributed by atoms with Crippen LogP contribution in [0.15, 0.2) is 12.2 Å². The first-order chi connectivity index (χ1) is 6.12. The Bertz CT molecular complexity index is 224. The zero-order valence-corrected chi connectivity index (χ0v) is 11.6. The molecule has 0 amide bonds. The van der Waals surface area contributed by atoms with Gasteiger partial charge in [0, 0.05) is 12.2 Å². The van der Waals surface area contributed by atoms with Crippen LogP contribution in [0.2, 0.25) is 0 Å². The van der Waals surface area contributed by atoms with Gasteiger partial charge in [-0.1, -0.05) is 6.58 Å². The topological polar surface area (TPSA) is 52.3 Å². The molecule has 1 heterocycles. The Morgan fingerprint density at radius 3 is 2.69 bits per heavy atom. The lowest BCUT2D eigenvalue weighted by atomic mass is 10.0. The van der Waals surface area contributed by atoms with Crippen molar-refractivity contribution in [3.63, 3.8) is 0 Å². The quantitative estimate of drug-likeness (QED) is 0.454. The van der Waals surface area contributed by atoms with Crippen molar-refractivity contribution in [2.45, 2.75) is 24.5 Å². The molecule has 1 atom stereocenters. The Hall–Kier alpha value is -0.236. The normalized spacial score (nSPS) is 29.6. The average molecular weight is 215 g/mol. The molecule has 0 spiro atoms. The van der Waals surface area contributed by atoms with E-state index < -0.39 is 14.9 Å². The number of carbonyl (C=O) groups excluding carboxylic acids is 1. The SMILES string of the molecule is C=C(C(=O)[SiH3])C1([SiH2]N)CCCCO1. The van der Waals surface area contributed by atoms with E-state index in [-0.39, 0.29) is 5.41 Å². The first-order valence-electron chi connectivity index (χ1n) is 4.67. The van der Waals surface area contributed by atoms with E-state index in [0.29, 0.717) is 15.8 Å². The van der Waals surface area contributed by atoms with Crippen LogP contribution < -0.4 is 5.40 Å². The molecule has 2 N–H and O–H groups in total. The average Bonchev–Trinajstić information content (AvgIpc) is 2.17. The fraction of sp³-hybridized carbons (Fsp3) is 0.625. The van der Waals surface area contributed by atoms with Crippen LogP contribution in [0, 0.1) is 0 Å². The van der Waals surface area contributed by atoms with Gasteiger partial charge in [0.05, 0.1) is 15.5 Å². The second-order valence-corrected chi connectivity index (χ2v) is 6.00. The zero-order valence-electron chi connectivity index (χ0n) is 8.14. The van der Waals surface area contributed by atoms with Gasteiger partial charge in [0.15, 0.2) is 0 Å². The summed E-state index contributed by atoms with van der Waals surface area (Å²) in [6.07, 6.45) is 3.10. The van der Waals surface area contributed by atoms with Crippen molar-refractivity contribution in [2.75, 3.05) is 6.61 Å². The molecule has 1 aliphatic rings. The van der Waals surface area contributed by atoms with Crippen molar-refractivity contribution in [3.05, 3.63) is 12.2 Å². The number of carbonyl (C=O) groups is 1. The highest BCUT2D eigenvalue weighted by Gasteiger charge is 2.36. The van der Waals surface area contributed by atoms with Gasteiger partial charge < -0.3 is 14.9 Å². The summed E-state index contributed by atoms with van der Waals surface area (Å²) in [4.78, 5) is 11.3. The van der Waals surface area contributed by atoms with E-state index >= 15 is 0 Å². The van der Waals surface area contributed by atoms with E-state index in [0.717, 1.165) is 25.9 Å². The maximum Gasteiger partial charge on any atom is 0.131 e. The second-order valence-electron chi connectivity index (χ2n) is 3.54. The van der Waals surface area contributed by atoms with Crippen LogP contribution in [-0.2, 0) is 9.53 Å². The number of rotatable bonds is 3. The summed E-state index contributed by atoms with van der Waals surface area (Å²) in [5, 5.41) is 5.55. The molecule has 0 bridgehead atoms. The number of hydrogen-bond donors (Lipinski definition) is 1. The van der Waals surface area contributed by atoms with Crippen LogP contribution in [0.1, 0.15) is 19.3 Å². The van der Waals surface area contributed by atoms with Gasteiger partial charge in [-0.25, -0.2) is 0 Å². The minimum absolute atomic E-state index is 0.153. The summed E-state index contributed by atoms with van der Waals surface area (Å²) < 4.78 is 5.68. The van der Waals surface area contributed by atoms with Crippen molar-refractivity contribution in [2.24, 2.45) is 5.40 Å². The lowest BCUT2D eigenvalue weighted by Gasteiger charge is -2.36. The van der Waals surface area contributed by atoms with Crippen LogP contribution in [0.5, 0.6) is 0 Å². The number of ether oxygens (including phenoxy) is 1. The molecule has 0 aliphatic carbocycles. The van der Waals surface area contributed by atoms with Gasteiger partial charge in [0.2, 0.25) is 0 Å². The van der Waals surface area contributed by atoms with Crippen molar-refractivity contribution in [1.29, 1.82) is 0 Å². The molecule has 0 saturated carbocycles. The van der Waals surface area contributed by atoms with Gasteiger partial charge in [-0.05, 0) is 19.3 Å². The summed E-state index contributed by atoms with van der Waals surface area (Å²) in [5.41, 5.74) is 0.646. The fourth-order valence-electron chi connectivity index (χ4n) is 1.70. The molecule has 3 nitrogen and oxygen atoms in total. The predicted octanol–water partition coefficient (Wildman–Crippen LogP) is -1.63. The fourth-order valence-corrected chi connectivity index (χ4v) is 3.72. The highest BCUT2D eigenvalue weighted by molar-refractivity contribution is 6.63. The molecule has 13 heavy (non-hydrogen) atoms. The highest BCUT2D eigenvalue weighted by Crippen LogP contribution is 2.29. The van der Waals surface area contributed by atoms with E-state index in [9.17, 15) is 4.79 Å². The lowest BCUT2D eigenvalue weighted by molar-refractivity contribution is -0.111. The molecule has 1 fully saturated rings. The Balaban J connectivity index is 2.78. The first kappa shape index (κ1) is 10.8. The Morgan fingerprint density at radius 2 is 2.31 bits per heavy atom. The Morgan fingerprint density at radius 1 is 1.62 bits per heavy atom. The van der Waals surface area contributed by atoms with E-state index in [4.69, 9.17) is 10.1 Å². The maximum atomic E-state index is 11.3. The summed E-state index contributed by atoms with van der Waals surface area (Å²) in [6.45, 7) is 4.57. The zero-order chi connectivity index (χ0) is 9.90. The van der Waals surface area contributed by atoms with E-state index in [1.54, 1.807) is 0 Å². The van der Waals surface area contributed by atoms with Gasteiger partial charge in [-0.15, -0.1) is 0 Å². The van der Waals surface area contributed by atoms with Gasteiger partial charge in [0.25, 0.3) is 0 Å². The number of hydrogen-bond acceptors (Lipinski definition) is 3. The molecule has 5 heteroatoms. The van der Waals surface area contributed by atoms with E-state index in [1.807, 2.05) is 0 Å². The third-order valence-electron chi connectivity index (χ3n) is 2.66. The van der Waals surface area contributed by atoms with E-state index in [2.05, 4.69) is 6.58 Å². The third-order valence-corrected chi connectivity index (χ3v) is 4.91. The summed E-state index contributed by atoms with van der Waals surface area (Å²) >= 11 is 0. The predicted molar refractivity (Wildman–Crippen MR) is 59.4 cm³/mol. The standard InChI is InChI=1S/C8H17NO2Si2/c1-6(7(10)12)8(13-9)4-2-3-5-11-8/h1-5,9,13H2,12H3. The monoisotopic (exact) mass is 215 g/mol. The van der Waals surface area contributed by atoms with Gasteiger partial charge in [-0.2, -0.15) is 0 Å². The molecule has 1 saturated heterocycles. The van der Waals surface area contributed by atoms with Gasteiger partial charge in [0.1, 0.15) is 15.1 Å². The Kier molecular flexibility index (Phi) is 3.60. The third kappa shape index (κ3) is 2.16. The maximum absolute atomic E-state index is 11.3.